The van der Waals surface area contributed by atoms with Gasteiger partial charge in [-0.05, 0) is 24.1 Å². The molecule has 0 aromatic heterocycles. The number of halogens is 3. The monoisotopic (exact) mass is 259 g/mol. The fraction of sp³-hybridized carbons (Fsp3) is 0.417. The van der Waals surface area contributed by atoms with Gasteiger partial charge in [0.05, 0.1) is 0 Å². The van der Waals surface area contributed by atoms with Crippen molar-refractivity contribution in [1.82, 2.24) is 5.32 Å². The van der Waals surface area contributed by atoms with Crippen LogP contribution in [0.25, 0.3) is 0 Å². The van der Waals surface area contributed by atoms with E-state index in [0.29, 0.717) is 18.5 Å². The van der Waals surface area contributed by atoms with Crippen molar-refractivity contribution < 1.29 is 22.7 Å². The Morgan fingerprint density at radius 2 is 2.06 bits per heavy atom. The summed E-state index contributed by atoms with van der Waals surface area (Å²) >= 11 is 0. The van der Waals surface area contributed by atoms with E-state index in [0.717, 1.165) is 5.56 Å². The van der Waals surface area contributed by atoms with Crippen LogP contribution >= 0.6 is 0 Å². The van der Waals surface area contributed by atoms with Crippen molar-refractivity contribution in [3.8, 4) is 0 Å². The lowest BCUT2D eigenvalue weighted by Gasteiger charge is -2.19. The molecular formula is C12H12F3NO2. The van der Waals surface area contributed by atoms with Crippen molar-refractivity contribution in [2.24, 2.45) is 0 Å². The van der Waals surface area contributed by atoms with Crippen LogP contribution in [0.3, 0.4) is 0 Å². The molecule has 1 unspecified atom stereocenters. The first kappa shape index (κ1) is 12.9. The number of fused-ring (bicyclic) bond motifs is 1. The second-order valence-corrected chi connectivity index (χ2v) is 4.04. The molecule has 6 heteroatoms. The average molecular weight is 259 g/mol. The maximum atomic E-state index is 12.2. The minimum Gasteiger partial charge on any atom is -0.449 e. The van der Waals surface area contributed by atoms with Crippen LogP contribution < -0.4 is 5.32 Å². The summed E-state index contributed by atoms with van der Waals surface area (Å²) in [5.41, 5.74) is 1.54. The highest BCUT2D eigenvalue weighted by atomic mass is 19.4. The Morgan fingerprint density at radius 3 is 2.78 bits per heavy atom. The molecule has 0 spiro atoms. The van der Waals surface area contributed by atoms with E-state index >= 15 is 0 Å². The lowest BCUT2D eigenvalue weighted by atomic mass is 10.0. The summed E-state index contributed by atoms with van der Waals surface area (Å²) < 4.78 is 41.1. The molecule has 0 amide bonds. The lowest BCUT2D eigenvalue weighted by Crippen LogP contribution is -2.30. The third-order valence-corrected chi connectivity index (χ3v) is 2.78. The minimum absolute atomic E-state index is 0.193. The number of esters is 1. The quantitative estimate of drug-likeness (QED) is 0.784. The number of benzene rings is 1. The van der Waals surface area contributed by atoms with Crippen LogP contribution in [0.5, 0.6) is 0 Å². The molecule has 0 saturated heterocycles. The molecule has 1 aliphatic heterocycles. The van der Waals surface area contributed by atoms with Crippen LogP contribution in [0.2, 0.25) is 0 Å². The maximum Gasteiger partial charge on any atom is 0.490 e. The zero-order valence-corrected chi connectivity index (χ0v) is 9.46. The Hall–Kier alpha value is -1.56. The molecule has 2 rings (SSSR count). The van der Waals surface area contributed by atoms with Gasteiger partial charge in [0, 0.05) is 6.54 Å². The summed E-state index contributed by atoms with van der Waals surface area (Å²) in [5.74, 6) is -2.15. The molecule has 1 aliphatic rings. The topological polar surface area (TPSA) is 38.3 Å². The lowest BCUT2D eigenvalue weighted by molar-refractivity contribution is -0.205. The Labute approximate surface area is 102 Å². The van der Waals surface area contributed by atoms with Gasteiger partial charge < -0.3 is 10.1 Å². The van der Waals surface area contributed by atoms with E-state index < -0.39 is 18.2 Å². The van der Waals surface area contributed by atoms with Crippen LogP contribution in [0.4, 0.5) is 13.2 Å². The van der Waals surface area contributed by atoms with Crippen molar-refractivity contribution in [2.75, 3.05) is 13.1 Å². The number of carbonyl (C=O) groups is 1. The van der Waals surface area contributed by atoms with Crippen LogP contribution in [-0.4, -0.2) is 25.2 Å². The Balaban J connectivity index is 2.21. The largest absolute Gasteiger partial charge is 0.490 e. The molecule has 0 aliphatic carbocycles. The van der Waals surface area contributed by atoms with Crippen molar-refractivity contribution in [3.63, 3.8) is 0 Å². The van der Waals surface area contributed by atoms with E-state index in [9.17, 15) is 18.0 Å². The molecule has 98 valence electrons. The summed E-state index contributed by atoms with van der Waals surface area (Å²) in [4.78, 5) is 10.9. The standard InChI is InChI=1S/C12H12F3NO2/c13-12(14,15)11(17)18-10-7-16-6-5-8-3-1-2-4-9(8)10/h1-4,10,16H,5-7H2. The second kappa shape index (κ2) is 4.97. The smallest absolute Gasteiger partial charge is 0.449 e. The number of nitrogens with one attached hydrogen (secondary N) is 1. The highest BCUT2D eigenvalue weighted by Gasteiger charge is 2.42. The van der Waals surface area contributed by atoms with E-state index in [4.69, 9.17) is 0 Å². The van der Waals surface area contributed by atoms with E-state index in [1.807, 2.05) is 12.1 Å². The molecule has 1 heterocycles. The highest BCUT2D eigenvalue weighted by molar-refractivity contribution is 5.76. The predicted octanol–water partition coefficient (Wildman–Crippen LogP) is 1.98. The fourth-order valence-corrected chi connectivity index (χ4v) is 1.94. The van der Waals surface area contributed by atoms with Gasteiger partial charge in [-0.1, -0.05) is 24.3 Å². The SMILES string of the molecule is O=C(OC1CNCCc2ccccc21)C(F)(F)F. The van der Waals surface area contributed by atoms with E-state index in [1.165, 1.54) is 0 Å². The summed E-state index contributed by atoms with van der Waals surface area (Å²) in [6.07, 6.45) is -5.14. The van der Waals surface area contributed by atoms with Gasteiger partial charge in [0.25, 0.3) is 0 Å². The molecular weight excluding hydrogens is 247 g/mol. The second-order valence-electron chi connectivity index (χ2n) is 4.04. The molecule has 0 radical (unpaired) electrons. The fourth-order valence-electron chi connectivity index (χ4n) is 1.94. The first-order chi connectivity index (χ1) is 8.48. The Morgan fingerprint density at radius 1 is 1.33 bits per heavy atom. The minimum atomic E-state index is -4.96. The summed E-state index contributed by atoms with van der Waals surface area (Å²) in [6.45, 7) is 0.843. The summed E-state index contributed by atoms with van der Waals surface area (Å²) in [5, 5.41) is 2.96. The van der Waals surface area contributed by atoms with Gasteiger partial charge in [0.1, 0.15) is 6.10 Å². The van der Waals surface area contributed by atoms with Crippen molar-refractivity contribution in [2.45, 2.75) is 18.7 Å². The Bertz CT molecular complexity index is 445. The van der Waals surface area contributed by atoms with Crippen molar-refractivity contribution >= 4 is 5.97 Å². The molecule has 0 bridgehead atoms. The third-order valence-electron chi connectivity index (χ3n) is 2.78. The average Bonchev–Trinajstić information content (AvgIpc) is 2.51. The summed E-state index contributed by atoms with van der Waals surface area (Å²) in [7, 11) is 0. The Kier molecular flexibility index (Phi) is 3.56. The normalized spacial score (nSPS) is 19.8. The zero-order chi connectivity index (χ0) is 13.2. The van der Waals surface area contributed by atoms with E-state index in [-0.39, 0.29) is 6.54 Å². The molecule has 18 heavy (non-hydrogen) atoms. The van der Waals surface area contributed by atoms with Crippen LogP contribution in [0.1, 0.15) is 17.2 Å². The van der Waals surface area contributed by atoms with Gasteiger partial charge >= 0.3 is 12.1 Å². The molecule has 1 N–H and O–H groups in total. The number of hydrogen-bond donors (Lipinski definition) is 1. The molecule has 0 saturated carbocycles. The third kappa shape index (κ3) is 2.81. The maximum absolute atomic E-state index is 12.2. The highest BCUT2D eigenvalue weighted by Crippen LogP contribution is 2.27. The van der Waals surface area contributed by atoms with E-state index in [1.54, 1.807) is 12.1 Å². The van der Waals surface area contributed by atoms with Crippen LogP contribution in [0, 0.1) is 0 Å². The molecule has 1 aromatic rings. The molecule has 1 atom stereocenters. The van der Waals surface area contributed by atoms with Gasteiger partial charge in [-0.2, -0.15) is 13.2 Å². The zero-order valence-electron chi connectivity index (χ0n) is 9.46. The number of ether oxygens (including phenoxy) is 1. The summed E-state index contributed by atoms with van der Waals surface area (Å²) in [6, 6.07) is 7.05. The van der Waals surface area contributed by atoms with Gasteiger partial charge in [0.2, 0.25) is 0 Å². The van der Waals surface area contributed by atoms with Crippen molar-refractivity contribution in [3.05, 3.63) is 35.4 Å². The predicted molar refractivity (Wildman–Crippen MR) is 57.9 cm³/mol. The molecule has 3 nitrogen and oxygen atoms in total. The number of rotatable bonds is 1. The van der Waals surface area contributed by atoms with Gasteiger partial charge in [-0.25, -0.2) is 4.79 Å². The first-order valence-electron chi connectivity index (χ1n) is 5.55. The number of carbonyl (C=O) groups excluding carboxylic acids is 1. The van der Waals surface area contributed by atoms with Crippen molar-refractivity contribution in [1.29, 1.82) is 0 Å². The van der Waals surface area contributed by atoms with Gasteiger partial charge in [-0.3, -0.25) is 0 Å². The van der Waals surface area contributed by atoms with Crippen LogP contribution in [-0.2, 0) is 16.0 Å². The molecule has 1 aromatic carbocycles. The molecule has 0 fully saturated rings. The van der Waals surface area contributed by atoms with Gasteiger partial charge in [0.15, 0.2) is 0 Å². The first-order valence-corrected chi connectivity index (χ1v) is 5.55. The number of hydrogen-bond acceptors (Lipinski definition) is 3. The van der Waals surface area contributed by atoms with Crippen LogP contribution in [0.15, 0.2) is 24.3 Å². The van der Waals surface area contributed by atoms with Gasteiger partial charge in [-0.15, -0.1) is 0 Å². The number of alkyl halides is 3. The van der Waals surface area contributed by atoms with E-state index in [2.05, 4.69) is 10.1 Å².